The number of amides is 2. The van der Waals surface area contributed by atoms with Crippen LogP contribution in [0.5, 0.6) is 23.0 Å². The second kappa shape index (κ2) is 11.9. The summed E-state index contributed by atoms with van der Waals surface area (Å²) in [5, 5.41) is 3.16. The Morgan fingerprint density at radius 3 is 2.38 bits per heavy atom. The molecule has 8 nitrogen and oxygen atoms in total. The molecule has 2 aliphatic rings. The van der Waals surface area contributed by atoms with E-state index in [0.717, 1.165) is 22.3 Å². The van der Waals surface area contributed by atoms with Crippen molar-refractivity contribution in [2.75, 3.05) is 40.5 Å². The number of rotatable bonds is 10. The van der Waals surface area contributed by atoms with Crippen molar-refractivity contribution in [1.82, 2.24) is 10.2 Å². The predicted octanol–water partition coefficient (Wildman–Crippen LogP) is 4.70. The minimum absolute atomic E-state index is 0.0528. The normalized spacial score (nSPS) is 17.3. The van der Waals surface area contributed by atoms with Crippen LogP contribution >= 0.6 is 0 Å². The molecule has 40 heavy (non-hydrogen) atoms. The highest BCUT2D eigenvalue weighted by atomic mass is 16.5. The van der Waals surface area contributed by atoms with E-state index in [0.29, 0.717) is 67.7 Å². The number of methoxy groups -OCH3 is 2. The van der Waals surface area contributed by atoms with Gasteiger partial charge in [0.15, 0.2) is 23.0 Å². The Kier molecular flexibility index (Phi) is 8.14. The summed E-state index contributed by atoms with van der Waals surface area (Å²) >= 11 is 0. The van der Waals surface area contributed by atoms with Crippen molar-refractivity contribution in [2.45, 2.75) is 38.6 Å². The summed E-state index contributed by atoms with van der Waals surface area (Å²) in [4.78, 5) is 29.4. The van der Waals surface area contributed by atoms with Crippen LogP contribution in [0.25, 0.3) is 0 Å². The fourth-order valence-electron chi connectivity index (χ4n) is 5.83. The summed E-state index contributed by atoms with van der Waals surface area (Å²) in [6, 6.07) is 16.7. The Hall–Kier alpha value is -4.20. The smallest absolute Gasteiger partial charge is 0.254 e. The largest absolute Gasteiger partial charge is 0.493 e. The van der Waals surface area contributed by atoms with Gasteiger partial charge in [-0.2, -0.15) is 0 Å². The molecule has 2 aliphatic heterocycles. The maximum absolute atomic E-state index is 14.0. The fraction of sp³-hybridized carbons (Fsp3) is 0.375. The van der Waals surface area contributed by atoms with Crippen LogP contribution in [-0.4, -0.2) is 57.2 Å². The molecule has 2 heterocycles. The molecule has 8 heteroatoms. The molecule has 2 atom stereocenters. The molecule has 0 aromatic heterocycles. The zero-order valence-corrected chi connectivity index (χ0v) is 23.5. The summed E-state index contributed by atoms with van der Waals surface area (Å²) in [7, 11) is 3.20. The molecule has 3 aromatic carbocycles. The summed E-state index contributed by atoms with van der Waals surface area (Å²) < 4.78 is 22.6. The average Bonchev–Trinajstić information content (AvgIpc) is 2.98. The number of hydrogen-bond acceptors (Lipinski definition) is 6. The lowest BCUT2D eigenvalue weighted by molar-refractivity contribution is -0.124. The first kappa shape index (κ1) is 27.4. The van der Waals surface area contributed by atoms with Gasteiger partial charge in [-0.05, 0) is 79.3 Å². The number of carbonyl (C=O) groups is 2. The number of hydrogen-bond donors (Lipinski definition) is 1. The maximum Gasteiger partial charge on any atom is 0.254 e. The van der Waals surface area contributed by atoms with Crippen molar-refractivity contribution in [1.29, 1.82) is 0 Å². The van der Waals surface area contributed by atoms with Gasteiger partial charge in [0, 0.05) is 18.7 Å². The van der Waals surface area contributed by atoms with Crippen LogP contribution in [0.2, 0.25) is 0 Å². The molecule has 0 fully saturated rings. The molecule has 1 N–H and O–H groups in total. The van der Waals surface area contributed by atoms with Crippen molar-refractivity contribution >= 4 is 11.8 Å². The van der Waals surface area contributed by atoms with Crippen molar-refractivity contribution in [3.8, 4) is 23.0 Å². The molecule has 5 rings (SSSR count). The molecule has 0 aliphatic carbocycles. The third kappa shape index (κ3) is 5.06. The minimum Gasteiger partial charge on any atom is -0.493 e. The van der Waals surface area contributed by atoms with E-state index < -0.39 is 12.0 Å². The van der Waals surface area contributed by atoms with Gasteiger partial charge < -0.3 is 29.2 Å². The molecule has 0 saturated heterocycles. The van der Waals surface area contributed by atoms with Crippen molar-refractivity contribution in [3.05, 3.63) is 82.4 Å². The summed E-state index contributed by atoms with van der Waals surface area (Å²) in [5.41, 5.74) is 4.33. The first-order valence-corrected chi connectivity index (χ1v) is 13.8. The molecule has 210 valence electrons. The van der Waals surface area contributed by atoms with E-state index in [-0.39, 0.29) is 11.8 Å². The minimum atomic E-state index is -0.564. The van der Waals surface area contributed by atoms with Crippen LogP contribution < -0.4 is 24.3 Å². The van der Waals surface area contributed by atoms with Gasteiger partial charge in [-0.1, -0.05) is 24.3 Å². The third-order valence-electron chi connectivity index (χ3n) is 7.63. The highest BCUT2D eigenvalue weighted by Gasteiger charge is 2.46. The Morgan fingerprint density at radius 2 is 1.62 bits per heavy atom. The Morgan fingerprint density at radius 1 is 0.900 bits per heavy atom. The van der Waals surface area contributed by atoms with Gasteiger partial charge in [0.2, 0.25) is 5.91 Å². The van der Waals surface area contributed by atoms with Crippen LogP contribution in [0.3, 0.4) is 0 Å². The highest BCUT2D eigenvalue weighted by molar-refractivity contribution is 6.01. The quantitative estimate of drug-likeness (QED) is 0.398. The van der Waals surface area contributed by atoms with Crippen molar-refractivity contribution in [3.63, 3.8) is 0 Å². The first-order chi connectivity index (χ1) is 19.5. The molecular weight excluding hydrogens is 508 g/mol. The van der Waals surface area contributed by atoms with Crippen LogP contribution in [0.15, 0.2) is 54.6 Å². The second-order valence-corrected chi connectivity index (χ2v) is 9.85. The van der Waals surface area contributed by atoms with Gasteiger partial charge >= 0.3 is 0 Å². The molecule has 0 spiro atoms. The zero-order chi connectivity index (χ0) is 28.2. The molecule has 2 amide bonds. The number of carbonyl (C=O) groups excluding carboxylic acids is 2. The van der Waals surface area contributed by atoms with E-state index in [1.165, 1.54) is 0 Å². The van der Waals surface area contributed by atoms with Crippen LogP contribution in [-0.2, 0) is 17.6 Å². The number of ether oxygens (including phenoxy) is 4. The zero-order valence-electron chi connectivity index (χ0n) is 23.5. The van der Waals surface area contributed by atoms with Gasteiger partial charge in [-0.3, -0.25) is 9.59 Å². The molecular formula is C32H36N2O6. The van der Waals surface area contributed by atoms with E-state index in [9.17, 15) is 9.59 Å². The summed E-state index contributed by atoms with van der Waals surface area (Å²) in [6.07, 6.45) is 1.30. The number of nitrogens with one attached hydrogen (secondary N) is 1. The van der Waals surface area contributed by atoms with Gasteiger partial charge in [0.05, 0.1) is 39.4 Å². The van der Waals surface area contributed by atoms with E-state index in [1.807, 2.05) is 73.3 Å². The van der Waals surface area contributed by atoms with Crippen molar-refractivity contribution in [2.24, 2.45) is 0 Å². The topological polar surface area (TPSA) is 86.3 Å². The van der Waals surface area contributed by atoms with Crippen LogP contribution in [0, 0.1) is 0 Å². The monoisotopic (exact) mass is 544 g/mol. The number of benzene rings is 3. The summed E-state index contributed by atoms with van der Waals surface area (Å²) in [6.45, 7) is 5.94. The second-order valence-electron chi connectivity index (χ2n) is 9.85. The third-order valence-corrected chi connectivity index (χ3v) is 7.63. The maximum atomic E-state index is 14.0. The van der Waals surface area contributed by atoms with E-state index >= 15 is 0 Å². The van der Waals surface area contributed by atoms with Crippen LogP contribution in [0.4, 0.5) is 0 Å². The molecule has 0 bridgehead atoms. The molecule has 0 unspecified atom stereocenters. The Balaban J connectivity index is 1.43. The van der Waals surface area contributed by atoms with Gasteiger partial charge in [-0.25, -0.2) is 0 Å². The Labute approximate surface area is 235 Å². The average molecular weight is 545 g/mol. The molecule has 0 saturated carbocycles. The molecule has 3 aromatic rings. The van der Waals surface area contributed by atoms with Gasteiger partial charge in [0.25, 0.3) is 5.91 Å². The number of nitrogens with zero attached hydrogens (tertiary/aromatic N) is 1. The van der Waals surface area contributed by atoms with Crippen LogP contribution in [0.1, 0.15) is 58.4 Å². The van der Waals surface area contributed by atoms with Gasteiger partial charge in [-0.15, -0.1) is 0 Å². The SMILES string of the molecule is CCOc1ccc(CCNC(=O)[C@@H]2c3ccccc3C(=O)N3CCc4cc(OC)c(OC)cc4[C@@H]23)cc1OCC. The highest BCUT2D eigenvalue weighted by Crippen LogP contribution is 2.48. The Bertz CT molecular complexity index is 1400. The lowest BCUT2D eigenvalue weighted by atomic mass is 9.75. The standard InChI is InChI=1S/C32H36N2O6/c1-5-39-25-12-11-20(17-28(25)40-6-2)13-15-33-31(35)29-22-9-7-8-10-23(22)32(36)34-16-14-21-18-26(37-3)27(38-4)19-24(21)30(29)34/h7-12,17-19,29-30H,5-6,13-16H2,1-4H3,(H,33,35)/t29-,30+/m1/s1. The fourth-order valence-corrected chi connectivity index (χ4v) is 5.83. The molecule has 0 radical (unpaired) electrons. The summed E-state index contributed by atoms with van der Waals surface area (Å²) in [5.74, 6) is 1.89. The number of fused-ring (bicyclic) bond motifs is 4. The lowest BCUT2D eigenvalue weighted by Gasteiger charge is -2.45. The first-order valence-electron chi connectivity index (χ1n) is 13.8. The van der Waals surface area contributed by atoms with E-state index in [1.54, 1.807) is 14.2 Å². The van der Waals surface area contributed by atoms with Gasteiger partial charge in [0.1, 0.15) is 0 Å². The van der Waals surface area contributed by atoms with E-state index in [4.69, 9.17) is 18.9 Å². The predicted molar refractivity (Wildman–Crippen MR) is 152 cm³/mol. The van der Waals surface area contributed by atoms with Crippen molar-refractivity contribution < 1.29 is 28.5 Å². The van der Waals surface area contributed by atoms with E-state index in [2.05, 4.69) is 5.32 Å². The lowest BCUT2D eigenvalue weighted by Crippen LogP contribution is -2.50.